The van der Waals surface area contributed by atoms with Gasteiger partial charge in [-0.05, 0) is 43.5 Å². The van der Waals surface area contributed by atoms with E-state index >= 15 is 0 Å². The van der Waals surface area contributed by atoms with Crippen LogP contribution in [0.1, 0.15) is 36.9 Å². The molecule has 1 aromatic carbocycles. The molecule has 0 bridgehead atoms. The van der Waals surface area contributed by atoms with Crippen molar-refractivity contribution in [1.29, 1.82) is 0 Å². The van der Waals surface area contributed by atoms with Crippen molar-refractivity contribution in [2.24, 2.45) is 0 Å². The topological polar surface area (TPSA) is 46.2 Å². The van der Waals surface area contributed by atoms with E-state index in [2.05, 4.69) is 5.32 Å². The van der Waals surface area contributed by atoms with Crippen molar-refractivity contribution in [3.05, 3.63) is 35.1 Å². The predicted molar refractivity (Wildman–Crippen MR) is 76.5 cm³/mol. The van der Waals surface area contributed by atoms with Crippen molar-refractivity contribution in [3.8, 4) is 0 Å². The average molecular weight is 287 g/mol. The zero-order valence-corrected chi connectivity index (χ0v) is 12.6. The first-order chi connectivity index (χ1) is 8.83. The van der Waals surface area contributed by atoms with Crippen LogP contribution in [0.15, 0.2) is 18.2 Å². The van der Waals surface area contributed by atoms with Gasteiger partial charge in [-0.2, -0.15) is 0 Å². The molecule has 0 aromatic heterocycles. The van der Waals surface area contributed by atoms with E-state index in [1.54, 1.807) is 13.0 Å². The number of hydrogen-bond acceptors (Lipinski definition) is 3. The SMILES string of the molecule is CCNC(CCCS(C)(=O)=O)c1ccc(C)c(F)c1. The zero-order chi connectivity index (χ0) is 14.5. The number of benzene rings is 1. The Labute approximate surface area is 115 Å². The molecular weight excluding hydrogens is 265 g/mol. The fourth-order valence-electron chi connectivity index (χ4n) is 2.01. The van der Waals surface area contributed by atoms with Crippen LogP contribution >= 0.6 is 0 Å². The van der Waals surface area contributed by atoms with Crippen molar-refractivity contribution < 1.29 is 12.8 Å². The molecule has 0 fully saturated rings. The second kappa shape index (κ2) is 7.01. The van der Waals surface area contributed by atoms with Gasteiger partial charge in [-0.1, -0.05) is 19.1 Å². The van der Waals surface area contributed by atoms with E-state index in [0.717, 1.165) is 12.1 Å². The highest BCUT2D eigenvalue weighted by atomic mass is 32.2. The van der Waals surface area contributed by atoms with Gasteiger partial charge in [-0.3, -0.25) is 0 Å². The smallest absolute Gasteiger partial charge is 0.147 e. The van der Waals surface area contributed by atoms with Crippen molar-refractivity contribution in [2.45, 2.75) is 32.7 Å². The Morgan fingerprint density at radius 1 is 1.37 bits per heavy atom. The molecule has 0 aliphatic heterocycles. The van der Waals surface area contributed by atoms with E-state index in [0.29, 0.717) is 18.4 Å². The number of sulfone groups is 1. The molecule has 0 saturated heterocycles. The van der Waals surface area contributed by atoms with E-state index in [1.165, 1.54) is 12.3 Å². The van der Waals surface area contributed by atoms with Gasteiger partial charge in [-0.15, -0.1) is 0 Å². The van der Waals surface area contributed by atoms with Crippen LogP contribution in [0.2, 0.25) is 0 Å². The first-order valence-corrected chi connectivity index (χ1v) is 8.56. The molecule has 19 heavy (non-hydrogen) atoms. The summed E-state index contributed by atoms with van der Waals surface area (Å²) in [6.45, 7) is 4.47. The lowest BCUT2D eigenvalue weighted by molar-refractivity contribution is 0.502. The molecule has 1 atom stereocenters. The minimum Gasteiger partial charge on any atom is -0.310 e. The normalized spacial score (nSPS) is 13.5. The summed E-state index contributed by atoms with van der Waals surface area (Å²) in [5.74, 6) is -0.0491. The summed E-state index contributed by atoms with van der Waals surface area (Å²) in [6, 6.07) is 5.18. The number of halogens is 1. The number of rotatable bonds is 7. The van der Waals surface area contributed by atoms with Gasteiger partial charge in [0.2, 0.25) is 0 Å². The Morgan fingerprint density at radius 2 is 2.05 bits per heavy atom. The summed E-state index contributed by atoms with van der Waals surface area (Å²) < 4.78 is 35.8. The van der Waals surface area contributed by atoms with Gasteiger partial charge < -0.3 is 5.32 Å². The van der Waals surface area contributed by atoms with Crippen LogP contribution in [-0.2, 0) is 9.84 Å². The van der Waals surface area contributed by atoms with Crippen molar-refractivity contribution >= 4 is 9.84 Å². The Kier molecular flexibility index (Phi) is 5.94. The van der Waals surface area contributed by atoms with Crippen LogP contribution in [0, 0.1) is 12.7 Å². The summed E-state index contributed by atoms with van der Waals surface area (Å²) in [7, 11) is -2.93. The molecule has 3 nitrogen and oxygen atoms in total. The Morgan fingerprint density at radius 3 is 2.58 bits per heavy atom. The minimum absolute atomic E-state index is 0.00171. The van der Waals surface area contributed by atoms with Gasteiger partial charge in [-0.25, -0.2) is 12.8 Å². The molecular formula is C14H22FNO2S. The maximum Gasteiger partial charge on any atom is 0.147 e. The molecule has 0 aliphatic carbocycles. The van der Waals surface area contributed by atoms with Crippen molar-refractivity contribution in [3.63, 3.8) is 0 Å². The van der Waals surface area contributed by atoms with E-state index in [-0.39, 0.29) is 17.6 Å². The number of nitrogens with one attached hydrogen (secondary N) is 1. The van der Waals surface area contributed by atoms with Crippen LogP contribution < -0.4 is 5.32 Å². The van der Waals surface area contributed by atoms with Crippen LogP contribution in [-0.4, -0.2) is 27.0 Å². The van der Waals surface area contributed by atoms with Gasteiger partial charge in [0, 0.05) is 18.1 Å². The number of hydrogen-bond donors (Lipinski definition) is 1. The van der Waals surface area contributed by atoms with Gasteiger partial charge in [0.25, 0.3) is 0 Å². The van der Waals surface area contributed by atoms with Crippen LogP contribution in [0.25, 0.3) is 0 Å². The lowest BCUT2D eigenvalue weighted by Gasteiger charge is -2.18. The van der Waals surface area contributed by atoms with E-state index in [1.807, 2.05) is 13.0 Å². The molecule has 0 saturated carbocycles. The third-order valence-electron chi connectivity index (χ3n) is 3.06. The lowest BCUT2D eigenvalue weighted by Crippen LogP contribution is -2.22. The van der Waals surface area contributed by atoms with E-state index < -0.39 is 9.84 Å². The highest BCUT2D eigenvalue weighted by Gasteiger charge is 2.13. The summed E-state index contributed by atoms with van der Waals surface area (Å²) in [5, 5.41) is 3.27. The first-order valence-electron chi connectivity index (χ1n) is 6.50. The summed E-state index contributed by atoms with van der Waals surface area (Å²) >= 11 is 0. The third kappa shape index (κ3) is 5.70. The van der Waals surface area contributed by atoms with Gasteiger partial charge >= 0.3 is 0 Å². The summed E-state index contributed by atoms with van der Waals surface area (Å²) in [4.78, 5) is 0. The fraction of sp³-hybridized carbons (Fsp3) is 0.571. The Bertz CT molecular complexity index is 514. The Balaban J connectivity index is 2.73. The summed E-state index contributed by atoms with van der Waals surface area (Å²) in [5.41, 5.74) is 1.49. The lowest BCUT2D eigenvalue weighted by atomic mass is 10.0. The van der Waals surface area contributed by atoms with Gasteiger partial charge in [0.15, 0.2) is 0 Å². The molecule has 0 amide bonds. The molecule has 1 unspecified atom stereocenters. The van der Waals surface area contributed by atoms with Crippen LogP contribution in [0.4, 0.5) is 4.39 Å². The monoisotopic (exact) mass is 287 g/mol. The maximum atomic E-state index is 13.6. The second-order valence-corrected chi connectivity index (χ2v) is 7.15. The van der Waals surface area contributed by atoms with Crippen molar-refractivity contribution in [1.82, 2.24) is 5.32 Å². The second-order valence-electron chi connectivity index (χ2n) is 4.89. The molecule has 0 radical (unpaired) electrons. The van der Waals surface area contributed by atoms with Crippen molar-refractivity contribution in [2.75, 3.05) is 18.6 Å². The van der Waals surface area contributed by atoms with E-state index in [4.69, 9.17) is 0 Å². The fourth-order valence-corrected chi connectivity index (χ4v) is 2.70. The molecule has 108 valence electrons. The molecule has 1 N–H and O–H groups in total. The van der Waals surface area contributed by atoms with Crippen LogP contribution in [0.3, 0.4) is 0 Å². The molecule has 5 heteroatoms. The zero-order valence-electron chi connectivity index (χ0n) is 11.7. The largest absolute Gasteiger partial charge is 0.310 e. The summed E-state index contributed by atoms with van der Waals surface area (Å²) in [6.07, 6.45) is 2.50. The first kappa shape index (κ1) is 16.1. The molecule has 0 spiro atoms. The standard InChI is InChI=1S/C14H22FNO2S/c1-4-16-14(6-5-9-19(3,17)18)12-8-7-11(2)13(15)10-12/h7-8,10,14,16H,4-6,9H2,1-3H3. The third-order valence-corrected chi connectivity index (χ3v) is 4.09. The molecule has 1 rings (SSSR count). The quantitative estimate of drug-likeness (QED) is 0.838. The molecule has 0 aliphatic rings. The van der Waals surface area contributed by atoms with Crippen LogP contribution in [0.5, 0.6) is 0 Å². The minimum atomic E-state index is -2.93. The Hall–Kier alpha value is -0.940. The number of aryl methyl sites for hydroxylation is 1. The molecule has 0 heterocycles. The van der Waals surface area contributed by atoms with E-state index in [9.17, 15) is 12.8 Å². The highest BCUT2D eigenvalue weighted by molar-refractivity contribution is 7.90. The maximum absolute atomic E-state index is 13.6. The highest BCUT2D eigenvalue weighted by Crippen LogP contribution is 2.21. The average Bonchev–Trinajstić information content (AvgIpc) is 2.30. The predicted octanol–water partition coefficient (Wildman–Crippen LogP) is 2.61. The van der Waals surface area contributed by atoms with Gasteiger partial charge in [0.1, 0.15) is 15.7 Å². The van der Waals surface area contributed by atoms with Gasteiger partial charge in [0.05, 0.1) is 0 Å². The molecule has 1 aromatic rings.